The Labute approximate surface area is 160 Å². The number of phenols is 1. The molecule has 4 rings (SSSR count). The Morgan fingerprint density at radius 2 is 1.93 bits per heavy atom. The number of hydrogen-bond donors (Lipinski definition) is 2. The number of nitrogens with one attached hydrogen (secondary N) is 1. The van der Waals surface area contributed by atoms with Gasteiger partial charge in [-0.25, -0.2) is 4.68 Å². The highest BCUT2D eigenvalue weighted by molar-refractivity contribution is 7.13. The molecule has 4 aromatic rings. The van der Waals surface area contributed by atoms with E-state index in [-0.39, 0.29) is 11.7 Å². The van der Waals surface area contributed by atoms with Crippen molar-refractivity contribution in [1.29, 1.82) is 0 Å². The third-order valence-electron chi connectivity index (χ3n) is 4.14. The van der Waals surface area contributed by atoms with Gasteiger partial charge in [-0.2, -0.15) is 5.10 Å². The number of aryl methyl sites for hydroxylation is 1. The number of carbonyl (C=O) groups excluding carboxylic acids is 1. The van der Waals surface area contributed by atoms with Gasteiger partial charge < -0.3 is 10.4 Å². The van der Waals surface area contributed by atoms with Gasteiger partial charge in [0.05, 0.1) is 21.8 Å². The smallest absolute Gasteiger partial charge is 0.259 e. The van der Waals surface area contributed by atoms with Gasteiger partial charge in [0.25, 0.3) is 5.91 Å². The molecule has 0 aliphatic carbocycles. The molecule has 0 radical (unpaired) electrons. The minimum absolute atomic E-state index is 0.0384. The Morgan fingerprint density at radius 1 is 1.11 bits per heavy atom. The molecule has 0 saturated heterocycles. The Bertz CT molecular complexity index is 1090. The van der Waals surface area contributed by atoms with Crippen LogP contribution in [0.2, 0.25) is 0 Å². The third kappa shape index (κ3) is 3.47. The van der Waals surface area contributed by atoms with Gasteiger partial charge >= 0.3 is 0 Å². The molecule has 0 spiro atoms. The molecule has 134 valence electrons. The number of nitrogens with zero attached hydrogens (tertiary/aromatic N) is 2. The number of amides is 1. The number of benzene rings is 2. The fourth-order valence-electron chi connectivity index (χ4n) is 2.79. The van der Waals surface area contributed by atoms with Gasteiger partial charge in [-0.3, -0.25) is 4.79 Å². The Morgan fingerprint density at radius 3 is 2.63 bits per heavy atom. The van der Waals surface area contributed by atoms with Crippen molar-refractivity contribution in [3.8, 4) is 22.0 Å². The van der Waals surface area contributed by atoms with Crippen LogP contribution in [0.5, 0.6) is 5.75 Å². The van der Waals surface area contributed by atoms with E-state index in [0.29, 0.717) is 16.9 Å². The molecule has 27 heavy (non-hydrogen) atoms. The maximum absolute atomic E-state index is 12.9. The van der Waals surface area contributed by atoms with Crippen LogP contribution in [0.1, 0.15) is 15.9 Å². The number of aromatic hydroxyl groups is 1. The van der Waals surface area contributed by atoms with Crippen molar-refractivity contribution in [2.24, 2.45) is 0 Å². The van der Waals surface area contributed by atoms with Gasteiger partial charge in [0, 0.05) is 6.20 Å². The predicted octanol–water partition coefficient (Wildman–Crippen LogP) is 4.87. The van der Waals surface area contributed by atoms with E-state index < -0.39 is 0 Å². The molecule has 2 aromatic carbocycles. The van der Waals surface area contributed by atoms with Crippen molar-refractivity contribution in [1.82, 2.24) is 9.78 Å². The molecule has 0 aliphatic heterocycles. The molecular weight excluding hydrogens is 358 g/mol. The summed E-state index contributed by atoms with van der Waals surface area (Å²) in [5.74, 6) is -0.281. The number of carbonyl (C=O) groups is 1. The molecule has 2 N–H and O–H groups in total. The van der Waals surface area contributed by atoms with Crippen LogP contribution in [0, 0.1) is 6.92 Å². The van der Waals surface area contributed by atoms with Crippen molar-refractivity contribution >= 4 is 22.9 Å². The molecule has 0 fully saturated rings. The molecule has 0 bridgehead atoms. The zero-order chi connectivity index (χ0) is 18.8. The van der Waals surface area contributed by atoms with E-state index in [1.165, 1.54) is 11.3 Å². The summed E-state index contributed by atoms with van der Waals surface area (Å²) in [5.41, 5.74) is 3.21. The highest BCUT2D eigenvalue weighted by atomic mass is 32.1. The quantitative estimate of drug-likeness (QED) is 0.500. The summed E-state index contributed by atoms with van der Waals surface area (Å²) in [4.78, 5) is 13.8. The second-order valence-electron chi connectivity index (χ2n) is 6.12. The number of para-hydroxylation sites is 1. The molecule has 2 heterocycles. The van der Waals surface area contributed by atoms with Crippen molar-refractivity contribution in [2.45, 2.75) is 6.92 Å². The van der Waals surface area contributed by atoms with Gasteiger partial charge in [0.15, 0.2) is 0 Å². The Hall–Kier alpha value is -3.38. The number of anilines is 1. The van der Waals surface area contributed by atoms with Gasteiger partial charge in [-0.05, 0) is 48.2 Å². The van der Waals surface area contributed by atoms with Gasteiger partial charge in [-0.15, -0.1) is 11.3 Å². The molecule has 1 amide bonds. The fraction of sp³-hybridized carbons (Fsp3) is 0.0476. The van der Waals surface area contributed by atoms with E-state index in [0.717, 1.165) is 16.1 Å². The Kier molecular flexibility index (Phi) is 4.48. The van der Waals surface area contributed by atoms with Crippen molar-refractivity contribution in [3.05, 3.63) is 83.4 Å². The van der Waals surface area contributed by atoms with E-state index >= 15 is 0 Å². The largest absolute Gasteiger partial charge is 0.506 e. The van der Waals surface area contributed by atoms with Crippen LogP contribution in [0.15, 0.2) is 72.2 Å². The summed E-state index contributed by atoms with van der Waals surface area (Å²) in [6.45, 7) is 1.88. The lowest BCUT2D eigenvalue weighted by molar-refractivity contribution is 0.102. The van der Waals surface area contributed by atoms with Crippen LogP contribution >= 0.6 is 11.3 Å². The molecule has 0 aliphatic rings. The van der Waals surface area contributed by atoms with Gasteiger partial charge in [-0.1, -0.05) is 30.3 Å². The average molecular weight is 375 g/mol. The summed E-state index contributed by atoms with van der Waals surface area (Å²) < 4.78 is 1.69. The maximum atomic E-state index is 12.9. The summed E-state index contributed by atoms with van der Waals surface area (Å²) in [6, 6.07) is 18.6. The summed E-state index contributed by atoms with van der Waals surface area (Å²) in [6.07, 6.45) is 1.71. The third-order valence-corrected chi connectivity index (χ3v) is 5.01. The molecule has 2 aromatic heterocycles. The number of hydrogen-bond acceptors (Lipinski definition) is 4. The lowest BCUT2D eigenvalue weighted by Crippen LogP contribution is -2.12. The summed E-state index contributed by atoms with van der Waals surface area (Å²) >= 11 is 1.52. The van der Waals surface area contributed by atoms with Gasteiger partial charge in [0.1, 0.15) is 11.4 Å². The van der Waals surface area contributed by atoms with Crippen LogP contribution in [0.25, 0.3) is 16.3 Å². The molecule has 0 unspecified atom stereocenters. The van der Waals surface area contributed by atoms with Gasteiger partial charge in [0.2, 0.25) is 0 Å². The first-order valence-electron chi connectivity index (χ1n) is 8.42. The maximum Gasteiger partial charge on any atom is 0.259 e. The van der Waals surface area contributed by atoms with Crippen LogP contribution in [0.3, 0.4) is 0 Å². The fourth-order valence-corrected chi connectivity index (χ4v) is 3.51. The van der Waals surface area contributed by atoms with E-state index in [1.807, 2.05) is 60.8 Å². The zero-order valence-electron chi connectivity index (χ0n) is 14.6. The lowest BCUT2D eigenvalue weighted by Gasteiger charge is -2.07. The molecule has 6 heteroatoms. The van der Waals surface area contributed by atoms with E-state index in [9.17, 15) is 9.90 Å². The first-order valence-corrected chi connectivity index (χ1v) is 9.30. The highest BCUT2D eigenvalue weighted by Gasteiger charge is 2.20. The molecule has 5 nitrogen and oxygen atoms in total. The average Bonchev–Trinajstić information content (AvgIpc) is 3.34. The minimum atomic E-state index is -0.320. The predicted molar refractivity (Wildman–Crippen MR) is 108 cm³/mol. The standard InChI is InChI=1S/C21H17N3O2S/c1-14-9-10-17(18(25)12-14)22-21(26)16-13-24(15-6-3-2-4-7-15)23-20(16)19-8-5-11-27-19/h2-13,25H,1H3,(H,22,26). The lowest BCUT2D eigenvalue weighted by atomic mass is 10.1. The van der Waals surface area contributed by atoms with Crippen LogP contribution in [-0.2, 0) is 0 Å². The number of rotatable bonds is 4. The van der Waals surface area contributed by atoms with Crippen LogP contribution in [-0.4, -0.2) is 20.8 Å². The number of thiophene rings is 1. The Balaban J connectivity index is 1.74. The number of phenolic OH excluding ortho intramolecular Hbond substituents is 1. The van der Waals surface area contributed by atoms with E-state index in [2.05, 4.69) is 10.4 Å². The first kappa shape index (κ1) is 17.1. The first-order chi connectivity index (χ1) is 13.1. The van der Waals surface area contributed by atoms with Crippen molar-refractivity contribution in [2.75, 3.05) is 5.32 Å². The number of aromatic nitrogens is 2. The van der Waals surface area contributed by atoms with E-state index in [4.69, 9.17) is 0 Å². The molecular formula is C21H17N3O2S. The normalized spacial score (nSPS) is 10.7. The van der Waals surface area contributed by atoms with Crippen LogP contribution in [0.4, 0.5) is 5.69 Å². The SMILES string of the molecule is Cc1ccc(NC(=O)c2cn(-c3ccccc3)nc2-c2cccs2)c(O)c1. The van der Waals surface area contributed by atoms with E-state index in [1.54, 1.807) is 23.0 Å². The monoisotopic (exact) mass is 375 g/mol. The summed E-state index contributed by atoms with van der Waals surface area (Å²) in [5, 5.41) is 19.4. The minimum Gasteiger partial charge on any atom is -0.506 e. The topological polar surface area (TPSA) is 67.2 Å². The second-order valence-corrected chi connectivity index (χ2v) is 7.07. The van der Waals surface area contributed by atoms with Crippen molar-refractivity contribution in [3.63, 3.8) is 0 Å². The summed E-state index contributed by atoms with van der Waals surface area (Å²) in [7, 11) is 0. The zero-order valence-corrected chi connectivity index (χ0v) is 15.4. The van der Waals surface area contributed by atoms with Crippen LogP contribution < -0.4 is 5.32 Å². The molecule has 0 atom stereocenters. The molecule has 0 saturated carbocycles. The van der Waals surface area contributed by atoms with Crippen molar-refractivity contribution < 1.29 is 9.90 Å². The highest BCUT2D eigenvalue weighted by Crippen LogP contribution is 2.30. The second kappa shape index (κ2) is 7.09.